The lowest BCUT2D eigenvalue weighted by Crippen LogP contribution is -2.60. The standard InChI is InChI=1S/C10H16N2O5/c11-10(1-3-16-6-10)9(15)12-2-4-17-7(5-12)8(13)14/h7H,1-6,11H2,(H,13,14). The van der Waals surface area contributed by atoms with E-state index in [-0.39, 0.29) is 25.7 Å². The van der Waals surface area contributed by atoms with Crippen LogP contribution in [-0.4, -0.2) is 66.4 Å². The number of carboxylic acids is 1. The maximum absolute atomic E-state index is 12.2. The maximum Gasteiger partial charge on any atom is 0.334 e. The third-order valence-electron chi connectivity index (χ3n) is 3.11. The summed E-state index contributed by atoms with van der Waals surface area (Å²) in [7, 11) is 0. The van der Waals surface area contributed by atoms with E-state index >= 15 is 0 Å². The third-order valence-corrected chi connectivity index (χ3v) is 3.11. The second-order valence-electron chi connectivity index (χ2n) is 4.41. The summed E-state index contributed by atoms with van der Waals surface area (Å²) in [5, 5.41) is 8.85. The smallest absolute Gasteiger partial charge is 0.334 e. The lowest BCUT2D eigenvalue weighted by atomic mass is 9.98. The van der Waals surface area contributed by atoms with Gasteiger partial charge in [0.25, 0.3) is 0 Å². The van der Waals surface area contributed by atoms with Crippen molar-refractivity contribution in [2.75, 3.05) is 32.9 Å². The zero-order chi connectivity index (χ0) is 12.5. The van der Waals surface area contributed by atoms with Crippen LogP contribution < -0.4 is 5.73 Å². The molecule has 2 saturated heterocycles. The molecule has 0 aromatic rings. The second kappa shape index (κ2) is 4.59. The fourth-order valence-electron chi connectivity index (χ4n) is 2.05. The SMILES string of the molecule is NC1(C(=O)N2CCOC(C(=O)O)C2)CCOC1. The quantitative estimate of drug-likeness (QED) is 0.607. The molecule has 3 N–H and O–H groups in total. The van der Waals surface area contributed by atoms with Crippen LogP contribution in [0.15, 0.2) is 0 Å². The predicted molar refractivity (Wildman–Crippen MR) is 56.3 cm³/mol. The van der Waals surface area contributed by atoms with E-state index in [0.717, 1.165) is 0 Å². The minimum absolute atomic E-state index is 0.0487. The predicted octanol–water partition coefficient (Wildman–Crippen LogP) is -1.58. The summed E-state index contributed by atoms with van der Waals surface area (Å²) >= 11 is 0. The fourth-order valence-corrected chi connectivity index (χ4v) is 2.05. The van der Waals surface area contributed by atoms with Gasteiger partial charge >= 0.3 is 5.97 Å². The molecule has 2 heterocycles. The molecule has 2 fully saturated rings. The molecule has 7 nitrogen and oxygen atoms in total. The summed E-state index contributed by atoms with van der Waals surface area (Å²) in [4.78, 5) is 24.4. The Balaban J connectivity index is 2.01. The first-order valence-electron chi connectivity index (χ1n) is 5.53. The number of amides is 1. The molecule has 0 aromatic heterocycles. The summed E-state index contributed by atoms with van der Waals surface area (Å²) in [5.74, 6) is -1.30. The molecule has 2 rings (SSSR count). The van der Waals surface area contributed by atoms with E-state index in [0.29, 0.717) is 19.6 Å². The molecular weight excluding hydrogens is 228 g/mol. The summed E-state index contributed by atoms with van der Waals surface area (Å²) in [6.07, 6.45) is -0.486. The van der Waals surface area contributed by atoms with Crippen LogP contribution in [0.5, 0.6) is 0 Å². The molecule has 7 heteroatoms. The Morgan fingerprint density at radius 1 is 1.41 bits per heavy atom. The molecule has 2 aliphatic rings. The van der Waals surface area contributed by atoms with Gasteiger partial charge in [-0.25, -0.2) is 4.79 Å². The van der Waals surface area contributed by atoms with Crippen molar-refractivity contribution in [3.05, 3.63) is 0 Å². The van der Waals surface area contributed by atoms with Gasteiger partial charge in [0.05, 0.1) is 19.8 Å². The van der Waals surface area contributed by atoms with Gasteiger partial charge in [0.2, 0.25) is 5.91 Å². The van der Waals surface area contributed by atoms with Gasteiger partial charge < -0.3 is 25.2 Å². The summed E-state index contributed by atoms with van der Waals surface area (Å²) in [5.41, 5.74) is 4.95. The van der Waals surface area contributed by atoms with Gasteiger partial charge in [-0.3, -0.25) is 4.79 Å². The molecule has 1 amide bonds. The van der Waals surface area contributed by atoms with Crippen LogP contribution in [0.2, 0.25) is 0 Å². The lowest BCUT2D eigenvalue weighted by Gasteiger charge is -2.35. The fraction of sp³-hybridized carbons (Fsp3) is 0.800. The zero-order valence-corrected chi connectivity index (χ0v) is 9.42. The van der Waals surface area contributed by atoms with Gasteiger partial charge in [-0.05, 0) is 6.42 Å². The normalized spacial score (nSPS) is 33.7. The van der Waals surface area contributed by atoms with Crippen LogP contribution in [0.4, 0.5) is 0 Å². The number of rotatable bonds is 2. The first kappa shape index (κ1) is 12.3. The number of morpholine rings is 1. The zero-order valence-electron chi connectivity index (χ0n) is 9.42. The molecule has 0 radical (unpaired) electrons. The van der Waals surface area contributed by atoms with Crippen LogP contribution in [0, 0.1) is 0 Å². The van der Waals surface area contributed by atoms with E-state index in [2.05, 4.69) is 0 Å². The van der Waals surface area contributed by atoms with E-state index in [9.17, 15) is 9.59 Å². The van der Waals surface area contributed by atoms with Crippen molar-refractivity contribution >= 4 is 11.9 Å². The maximum atomic E-state index is 12.2. The highest BCUT2D eigenvalue weighted by Gasteiger charge is 2.43. The molecule has 0 aliphatic carbocycles. The van der Waals surface area contributed by atoms with Gasteiger partial charge in [-0.15, -0.1) is 0 Å². The Morgan fingerprint density at radius 3 is 2.76 bits per heavy atom. The number of ether oxygens (including phenoxy) is 2. The molecular formula is C10H16N2O5. The number of nitrogens with zero attached hydrogens (tertiary/aromatic N) is 1. The topological polar surface area (TPSA) is 102 Å². The van der Waals surface area contributed by atoms with Crippen LogP contribution in [0.25, 0.3) is 0 Å². The van der Waals surface area contributed by atoms with Crippen molar-refractivity contribution in [2.24, 2.45) is 5.73 Å². The van der Waals surface area contributed by atoms with Crippen LogP contribution in [0.1, 0.15) is 6.42 Å². The van der Waals surface area contributed by atoms with E-state index in [1.807, 2.05) is 0 Å². The largest absolute Gasteiger partial charge is 0.479 e. The summed E-state index contributed by atoms with van der Waals surface area (Å²) in [6.45, 7) is 1.31. The van der Waals surface area contributed by atoms with E-state index in [4.69, 9.17) is 20.3 Å². The van der Waals surface area contributed by atoms with Crippen LogP contribution in [0.3, 0.4) is 0 Å². The highest BCUT2D eigenvalue weighted by molar-refractivity contribution is 5.87. The average molecular weight is 244 g/mol. The Morgan fingerprint density at radius 2 is 2.18 bits per heavy atom. The van der Waals surface area contributed by atoms with Crippen LogP contribution >= 0.6 is 0 Å². The van der Waals surface area contributed by atoms with Gasteiger partial charge in [-0.2, -0.15) is 0 Å². The number of carboxylic acid groups (broad SMARTS) is 1. The van der Waals surface area contributed by atoms with Crippen LogP contribution in [-0.2, 0) is 19.1 Å². The van der Waals surface area contributed by atoms with Crippen molar-refractivity contribution < 1.29 is 24.2 Å². The van der Waals surface area contributed by atoms with Gasteiger partial charge in [-0.1, -0.05) is 0 Å². The average Bonchev–Trinajstić information content (AvgIpc) is 2.76. The Bertz CT molecular complexity index is 327. The number of nitrogens with two attached hydrogens (primary N) is 1. The number of aliphatic carboxylic acids is 1. The number of carbonyl (C=O) groups excluding carboxylic acids is 1. The minimum atomic E-state index is -1.06. The van der Waals surface area contributed by atoms with E-state index in [1.54, 1.807) is 0 Å². The summed E-state index contributed by atoms with van der Waals surface area (Å²) < 4.78 is 10.2. The van der Waals surface area contributed by atoms with E-state index in [1.165, 1.54) is 4.90 Å². The molecule has 0 spiro atoms. The lowest BCUT2D eigenvalue weighted by molar-refractivity contribution is -0.161. The van der Waals surface area contributed by atoms with Crippen molar-refractivity contribution in [1.82, 2.24) is 4.90 Å². The minimum Gasteiger partial charge on any atom is -0.479 e. The Hall–Kier alpha value is -1.18. The van der Waals surface area contributed by atoms with Crippen molar-refractivity contribution in [1.29, 1.82) is 0 Å². The molecule has 96 valence electrons. The van der Waals surface area contributed by atoms with Gasteiger partial charge in [0.1, 0.15) is 5.54 Å². The molecule has 0 saturated carbocycles. The van der Waals surface area contributed by atoms with Gasteiger partial charge in [0.15, 0.2) is 6.10 Å². The number of carbonyl (C=O) groups is 2. The molecule has 0 aromatic carbocycles. The first-order valence-corrected chi connectivity index (χ1v) is 5.53. The second-order valence-corrected chi connectivity index (χ2v) is 4.41. The summed E-state index contributed by atoms with van der Waals surface area (Å²) in [6, 6.07) is 0. The third kappa shape index (κ3) is 2.41. The van der Waals surface area contributed by atoms with E-state index < -0.39 is 17.6 Å². The molecule has 0 bridgehead atoms. The van der Waals surface area contributed by atoms with Crippen molar-refractivity contribution in [2.45, 2.75) is 18.1 Å². The Kier molecular flexibility index (Phi) is 3.32. The highest BCUT2D eigenvalue weighted by Crippen LogP contribution is 2.20. The monoisotopic (exact) mass is 244 g/mol. The van der Waals surface area contributed by atoms with Crippen molar-refractivity contribution in [3.8, 4) is 0 Å². The number of hydrogen-bond donors (Lipinski definition) is 2. The van der Waals surface area contributed by atoms with Gasteiger partial charge in [0, 0.05) is 13.2 Å². The molecule has 2 aliphatic heterocycles. The highest BCUT2D eigenvalue weighted by atomic mass is 16.5. The Labute approximate surface area is 98.5 Å². The molecule has 2 unspecified atom stereocenters. The molecule has 2 atom stereocenters. The first-order chi connectivity index (χ1) is 8.03. The molecule has 17 heavy (non-hydrogen) atoms. The number of hydrogen-bond acceptors (Lipinski definition) is 5. The van der Waals surface area contributed by atoms with Crippen molar-refractivity contribution in [3.63, 3.8) is 0 Å².